The summed E-state index contributed by atoms with van der Waals surface area (Å²) >= 11 is 0. The monoisotopic (exact) mass is 251 g/mol. The van der Waals surface area contributed by atoms with Crippen LogP contribution in [0.4, 0.5) is 0 Å². The second kappa shape index (κ2) is 7.71. The fraction of sp³-hybridized carbons (Fsp3) is 0.500. The molecule has 1 rings (SSSR count). The minimum atomic E-state index is -0.750. The third-order valence-corrected chi connectivity index (χ3v) is 2.39. The van der Waals surface area contributed by atoms with Crippen molar-refractivity contribution in [3.8, 4) is 5.75 Å². The zero-order chi connectivity index (χ0) is 13.4. The molecule has 1 aromatic carbocycles. The molecule has 0 bridgehead atoms. The predicted octanol–water partition coefficient (Wildman–Crippen LogP) is 2.43. The Labute approximate surface area is 108 Å². The topological polar surface area (TPSA) is 58.6 Å². The fourth-order valence-electron chi connectivity index (χ4n) is 1.61. The average molecular weight is 251 g/mol. The molecular weight excluding hydrogens is 230 g/mol. The maximum absolute atomic E-state index is 10.4. The number of hydrogen-bond acceptors (Lipinski definition) is 3. The highest BCUT2D eigenvalue weighted by molar-refractivity contribution is 5.66. The highest BCUT2D eigenvalue weighted by Gasteiger charge is 2.04. The Morgan fingerprint density at radius 2 is 2.11 bits per heavy atom. The van der Waals surface area contributed by atoms with Crippen molar-refractivity contribution < 1.29 is 14.6 Å². The zero-order valence-corrected chi connectivity index (χ0v) is 11.0. The lowest BCUT2D eigenvalue weighted by molar-refractivity contribution is -0.137. The molecule has 1 aromatic rings. The summed E-state index contributed by atoms with van der Waals surface area (Å²) in [6, 6.07) is 7.89. The van der Waals surface area contributed by atoms with Crippen molar-refractivity contribution in [1.82, 2.24) is 5.32 Å². The molecule has 4 heteroatoms. The first kappa shape index (κ1) is 14.5. The molecule has 18 heavy (non-hydrogen) atoms. The molecule has 0 fully saturated rings. The van der Waals surface area contributed by atoms with Crippen LogP contribution in [0, 0.1) is 0 Å². The van der Waals surface area contributed by atoms with E-state index in [0.29, 0.717) is 19.5 Å². The number of nitrogens with one attached hydrogen (secondary N) is 1. The number of hydrogen-bond donors (Lipinski definition) is 2. The standard InChI is InChI=1S/C14H21NO3/c1-11(2)18-13-7-4-3-6-12(13)10-15-9-5-8-14(16)17/h3-4,6-7,11,15H,5,8-10H2,1-2H3,(H,16,17). The minimum absolute atomic E-state index is 0.151. The lowest BCUT2D eigenvalue weighted by atomic mass is 10.2. The summed E-state index contributed by atoms with van der Waals surface area (Å²) in [6.45, 7) is 5.39. The molecular formula is C14H21NO3. The molecule has 0 aliphatic heterocycles. The van der Waals surface area contributed by atoms with Gasteiger partial charge in [0.1, 0.15) is 5.75 Å². The molecule has 0 aliphatic rings. The highest BCUT2D eigenvalue weighted by atomic mass is 16.5. The summed E-state index contributed by atoms with van der Waals surface area (Å²) in [5.41, 5.74) is 1.10. The molecule has 0 heterocycles. The van der Waals surface area contributed by atoms with Crippen molar-refractivity contribution in [2.75, 3.05) is 6.54 Å². The third kappa shape index (κ3) is 5.68. The highest BCUT2D eigenvalue weighted by Crippen LogP contribution is 2.18. The summed E-state index contributed by atoms with van der Waals surface area (Å²) in [4.78, 5) is 10.4. The van der Waals surface area contributed by atoms with Gasteiger partial charge in [0.2, 0.25) is 0 Å². The van der Waals surface area contributed by atoms with Gasteiger partial charge in [-0.2, -0.15) is 0 Å². The van der Waals surface area contributed by atoms with Crippen LogP contribution in [0.25, 0.3) is 0 Å². The molecule has 0 amide bonds. The van der Waals surface area contributed by atoms with E-state index in [9.17, 15) is 4.79 Å². The van der Waals surface area contributed by atoms with E-state index in [1.54, 1.807) is 0 Å². The van der Waals surface area contributed by atoms with E-state index >= 15 is 0 Å². The van der Waals surface area contributed by atoms with Crippen LogP contribution < -0.4 is 10.1 Å². The second-order valence-electron chi connectivity index (χ2n) is 4.45. The van der Waals surface area contributed by atoms with Crippen LogP contribution in [0.15, 0.2) is 24.3 Å². The van der Waals surface area contributed by atoms with Crippen molar-refractivity contribution in [3.05, 3.63) is 29.8 Å². The van der Waals surface area contributed by atoms with Crippen LogP contribution in [-0.4, -0.2) is 23.7 Å². The lowest BCUT2D eigenvalue weighted by Gasteiger charge is -2.14. The van der Waals surface area contributed by atoms with Crippen molar-refractivity contribution in [2.45, 2.75) is 39.3 Å². The quantitative estimate of drug-likeness (QED) is 0.697. The number of ether oxygens (including phenoxy) is 1. The number of carboxylic acids is 1. The summed E-state index contributed by atoms with van der Waals surface area (Å²) in [5.74, 6) is 0.138. The Kier molecular flexibility index (Phi) is 6.22. The Morgan fingerprint density at radius 1 is 1.39 bits per heavy atom. The second-order valence-corrected chi connectivity index (χ2v) is 4.45. The van der Waals surface area contributed by atoms with Crippen molar-refractivity contribution >= 4 is 5.97 Å². The SMILES string of the molecule is CC(C)Oc1ccccc1CNCCCC(=O)O. The van der Waals surface area contributed by atoms with E-state index in [-0.39, 0.29) is 12.5 Å². The Bertz CT molecular complexity index is 377. The van der Waals surface area contributed by atoms with E-state index in [0.717, 1.165) is 11.3 Å². The molecule has 0 saturated heterocycles. The fourth-order valence-corrected chi connectivity index (χ4v) is 1.61. The smallest absolute Gasteiger partial charge is 0.303 e. The number of benzene rings is 1. The van der Waals surface area contributed by atoms with E-state index < -0.39 is 5.97 Å². The Hall–Kier alpha value is -1.55. The first-order valence-electron chi connectivity index (χ1n) is 6.26. The maximum atomic E-state index is 10.4. The van der Waals surface area contributed by atoms with Gasteiger partial charge in [0.25, 0.3) is 0 Å². The summed E-state index contributed by atoms with van der Waals surface area (Å²) in [7, 11) is 0. The number of carboxylic acid groups (broad SMARTS) is 1. The molecule has 0 saturated carbocycles. The molecule has 0 radical (unpaired) electrons. The maximum Gasteiger partial charge on any atom is 0.303 e. The van der Waals surface area contributed by atoms with Gasteiger partial charge in [-0.1, -0.05) is 18.2 Å². The van der Waals surface area contributed by atoms with Crippen LogP contribution >= 0.6 is 0 Å². The summed E-state index contributed by atoms with van der Waals surface area (Å²) in [6.07, 6.45) is 0.998. The van der Waals surface area contributed by atoms with Gasteiger partial charge in [-0.25, -0.2) is 0 Å². The first-order valence-corrected chi connectivity index (χ1v) is 6.26. The molecule has 0 atom stereocenters. The molecule has 0 unspecified atom stereocenters. The lowest BCUT2D eigenvalue weighted by Crippen LogP contribution is -2.17. The van der Waals surface area contributed by atoms with Crippen LogP contribution in [0.3, 0.4) is 0 Å². The van der Waals surface area contributed by atoms with Gasteiger partial charge in [-0.3, -0.25) is 4.79 Å². The van der Waals surface area contributed by atoms with Crippen molar-refractivity contribution in [3.63, 3.8) is 0 Å². The average Bonchev–Trinajstić information content (AvgIpc) is 2.29. The van der Waals surface area contributed by atoms with Crippen LogP contribution in [0.5, 0.6) is 5.75 Å². The predicted molar refractivity (Wildman–Crippen MR) is 70.8 cm³/mol. The molecule has 0 spiro atoms. The third-order valence-electron chi connectivity index (χ3n) is 2.39. The van der Waals surface area contributed by atoms with E-state index in [1.165, 1.54) is 0 Å². The van der Waals surface area contributed by atoms with Gasteiger partial charge in [-0.05, 0) is 32.9 Å². The molecule has 4 nitrogen and oxygen atoms in total. The van der Waals surface area contributed by atoms with Gasteiger partial charge in [-0.15, -0.1) is 0 Å². The van der Waals surface area contributed by atoms with Crippen molar-refractivity contribution in [2.24, 2.45) is 0 Å². The largest absolute Gasteiger partial charge is 0.491 e. The molecule has 0 aliphatic carbocycles. The van der Waals surface area contributed by atoms with Gasteiger partial charge in [0.05, 0.1) is 6.10 Å². The number of rotatable bonds is 8. The number of aliphatic carboxylic acids is 1. The normalized spacial score (nSPS) is 10.6. The molecule has 100 valence electrons. The van der Waals surface area contributed by atoms with E-state index in [2.05, 4.69) is 5.32 Å². The first-order chi connectivity index (χ1) is 8.59. The zero-order valence-electron chi connectivity index (χ0n) is 11.0. The van der Waals surface area contributed by atoms with Gasteiger partial charge in [0, 0.05) is 18.5 Å². The van der Waals surface area contributed by atoms with Gasteiger partial charge >= 0.3 is 5.97 Å². The number of para-hydroxylation sites is 1. The van der Waals surface area contributed by atoms with Crippen LogP contribution in [0.2, 0.25) is 0 Å². The Balaban J connectivity index is 2.39. The van der Waals surface area contributed by atoms with Gasteiger partial charge < -0.3 is 15.2 Å². The van der Waals surface area contributed by atoms with Crippen molar-refractivity contribution in [1.29, 1.82) is 0 Å². The van der Waals surface area contributed by atoms with Crippen LogP contribution in [-0.2, 0) is 11.3 Å². The van der Waals surface area contributed by atoms with E-state index in [1.807, 2.05) is 38.1 Å². The minimum Gasteiger partial charge on any atom is -0.491 e. The number of carbonyl (C=O) groups is 1. The molecule has 2 N–H and O–H groups in total. The van der Waals surface area contributed by atoms with E-state index in [4.69, 9.17) is 9.84 Å². The summed E-state index contributed by atoms with van der Waals surface area (Å²) in [5, 5.41) is 11.8. The summed E-state index contributed by atoms with van der Waals surface area (Å²) < 4.78 is 5.71. The molecule has 0 aromatic heterocycles. The van der Waals surface area contributed by atoms with Crippen LogP contribution in [0.1, 0.15) is 32.3 Å². The van der Waals surface area contributed by atoms with Gasteiger partial charge in [0.15, 0.2) is 0 Å². The Morgan fingerprint density at radius 3 is 2.78 bits per heavy atom.